The third-order valence-corrected chi connectivity index (χ3v) is 3.59. The minimum Gasteiger partial charge on any atom is -0.313 e. The van der Waals surface area contributed by atoms with Gasteiger partial charge in [0, 0.05) is 11.8 Å². The topological polar surface area (TPSA) is 12.0 Å². The van der Waals surface area contributed by atoms with E-state index in [-0.39, 0.29) is 0 Å². The second kappa shape index (κ2) is 6.79. The van der Waals surface area contributed by atoms with Gasteiger partial charge in [-0.1, -0.05) is 19.8 Å². The van der Waals surface area contributed by atoms with Crippen LogP contribution >= 0.6 is 11.8 Å². The van der Waals surface area contributed by atoms with E-state index >= 15 is 0 Å². The SMILES string of the molecule is CCCCCN[C@@H]1CCCSC1. The third kappa shape index (κ3) is 4.36. The molecule has 1 aliphatic rings. The molecule has 1 nitrogen and oxygen atoms in total. The molecule has 1 aliphatic heterocycles. The van der Waals surface area contributed by atoms with Gasteiger partial charge in [-0.25, -0.2) is 0 Å². The van der Waals surface area contributed by atoms with Gasteiger partial charge in [0.25, 0.3) is 0 Å². The summed E-state index contributed by atoms with van der Waals surface area (Å²) in [6, 6.07) is 0.820. The zero-order chi connectivity index (χ0) is 8.65. The van der Waals surface area contributed by atoms with E-state index in [0.717, 1.165) is 6.04 Å². The van der Waals surface area contributed by atoms with E-state index in [2.05, 4.69) is 24.0 Å². The molecule has 72 valence electrons. The van der Waals surface area contributed by atoms with Crippen LogP contribution in [0.5, 0.6) is 0 Å². The Kier molecular flexibility index (Phi) is 5.88. The number of hydrogen-bond donors (Lipinski definition) is 1. The summed E-state index contributed by atoms with van der Waals surface area (Å²) in [4.78, 5) is 0. The number of rotatable bonds is 5. The van der Waals surface area contributed by atoms with Crippen LogP contribution in [0.25, 0.3) is 0 Å². The molecule has 1 saturated heterocycles. The minimum absolute atomic E-state index is 0.820. The predicted molar refractivity (Wildman–Crippen MR) is 57.9 cm³/mol. The van der Waals surface area contributed by atoms with Gasteiger partial charge in [0.05, 0.1) is 0 Å². The van der Waals surface area contributed by atoms with Gasteiger partial charge >= 0.3 is 0 Å². The normalized spacial score (nSPS) is 24.2. The van der Waals surface area contributed by atoms with E-state index in [4.69, 9.17) is 0 Å². The first-order chi connectivity index (χ1) is 5.93. The van der Waals surface area contributed by atoms with E-state index < -0.39 is 0 Å². The largest absolute Gasteiger partial charge is 0.313 e. The average molecular weight is 187 g/mol. The first-order valence-electron chi connectivity index (χ1n) is 5.24. The first-order valence-corrected chi connectivity index (χ1v) is 6.40. The van der Waals surface area contributed by atoms with Gasteiger partial charge < -0.3 is 5.32 Å². The average Bonchev–Trinajstić information content (AvgIpc) is 2.14. The van der Waals surface area contributed by atoms with Crippen molar-refractivity contribution in [3.8, 4) is 0 Å². The molecule has 1 fully saturated rings. The smallest absolute Gasteiger partial charge is 0.0158 e. The van der Waals surface area contributed by atoms with Crippen molar-refractivity contribution in [2.45, 2.75) is 45.1 Å². The van der Waals surface area contributed by atoms with Gasteiger partial charge in [0.2, 0.25) is 0 Å². The summed E-state index contributed by atoms with van der Waals surface area (Å²) in [6.45, 7) is 3.50. The molecule has 0 aromatic rings. The fourth-order valence-corrected chi connectivity index (χ4v) is 2.69. The Morgan fingerprint density at radius 1 is 1.42 bits per heavy atom. The zero-order valence-electron chi connectivity index (χ0n) is 8.14. The maximum atomic E-state index is 3.64. The van der Waals surface area contributed by atoms with Crippen LogP contribution in [0.3, 0.4) is 0 Å². The van der Waals surface area contributed by atoms with Crippen LogP contribution < -0.4 is 5.32 Å². The molecule has 0 amide bonds. The van der Waals surface area contributed by atoms with E-state index in [0.29, 0.717) is 0 Å². The summed E-state index contributed by atoms with van der Waals surface area (Å²) in [5.41, 5.74) is 0. The summed E-state index contributed by atoms with van der Waals surface area (Å²) in [6.07, 6.45) is 6.89. The number of unbranched alkanes of at least 4 members (excludes halogenated alkanes) is 2. The Balaban J connectivity index is 1.91. The number of hydrogen-bond acceptors (Lipinski definition) is 2. The van der Waals surface area contributed by atoms with Crippen molar-refractivity contribution >= 4 is 11.8 Å². The van der Waals surface area contributed by atoms with Crippen molar-refractivity contribution in [1.29, 1.82) is 0 Å². The highest BCUT2D eigenvalue weighted by molar-refractivity contribution is 7.99. The van der Waals surface area contributed by atoms with Crippen LogP contribution in [-0.4, -0.2) is 24.1 Å². The molecular formula is C10H21NS. The lowest BCUT2D eigenvalue weighted by molar-refractivity contribution is 0.494. The Bertz CT molecular complexity index is 100. The summed E-state index contributed by atoms with van der Waals surface area (Å²) in [7, 11) is 0. The maximum absolute atomic E-state index is 3.64. The van der Waals surface area contributed by atoms with Crippen molar-refractivity contribution in [1.82, 2.24) is 5.32 Å². The highest BCUT2D eigenvalue weighted by Crippen LogP contribution is 2.16. The highest BCUT2D eigenvalue weighted by atomic mass is 32.2. The lowest BCUT2D eigenvalue weighted by Gasteiger charge is -2.22. The van der Waals surface area contributed by atoms with Crippen molar-refractivity contribution < 1.29 is 0 Å². The molecule has 0 unspecified atom stereocenters. The number of thioether (sulfide) groups is 1. The Labute approximate surface area is 80.7 Å². The second-order valence-electron chi connectivity index (χ2n) is 3.58. The molecule has 0 saturated carbocycles. The van der Waals surface area contributed by atoms with Crippen molar-refractivity contribution in [3.63, 3.8) is 0 Å². The molecule has 0 spiro atoms. The van der Waals surface area contributed by atoms with Gasteiger partial charge in [0.15, 0.2) is 0 Å². The second-order valence-corrected chi connectivity index (χ2v) is 4.73. The molecule has 12 heavy (non-hydrogen) atoms. The zero-order valence-corrected chi connectivity index (χ0v) is 8.96. The molecule has 0 aliphatic carbocycles. The van der Waals surface area contributed by atoms with E-state index in [1.165, 1.54) is 50.2 Å². The first kappa shape index (κ1) is 10.4. The van der Waals surface area contributed by atoms with Crippen LogP contribution in [-0.2, 0) is 0 Å². The summed E-state index contributed by atoms with van der Waals surface area (Å²) < 4.78 is 0. The van der Waals surface area contributed by atoms with E-state index in [1.807, 2.05) is 0 Å². The van der Waals surface area contributed by atoms with E-state index in [1.54, 1.807) is 0 Å². The lowest BCUT2D eigenvalue weighted by atomic mass is 10.2. The molecule has 0 aromatic carbocycles. The Morgan fingerprint density at radius 3 is 3.00 bits per heavy atom. The molecule has 0 radical (unpaired) electrons. The fraction of sp³-hybridized carbons (Fsp3) is 1.00. The van der Waals surface area contributed by atoms with Gasteiger partial charge in [-0.3, -0.25) is 0 Å². The quantitative estimate of drug-likeness (QED) is 0.664. The standard InChI is InChI=1S/C10H21NS/c1-2-3-4-7-11-10-6-5-8-12-9-10/h10-11H,2-9H2,1H3/t10-/m1/s1. The highest BCUT2D eigenvalue weighted by Gasteiger charge is 2.11. The molecular weight excluding hydrogens is 166 g/mol. The summed E-state index contributed by atoms with van der Waals surface area (Å²) >= 11 is 2.10. The minimum atomic E-state index is 0.820. The third-order valence-electron chi connectivity index (χ3n) is 2.37. The molecule has 0 bridgehead atoms. The van der Waals surface area contributed by atoms with Crippen LogP contribution in [0.1, 0.15) is 39.0 Å². The van der Waals surface area contributed by atoms with E-state index in [9.17, 15) is 0 Å². The molecule has 1 N–H and O–H groups in total. The summed E-state index contributed by atoms with van der Waals surface area (Å²) in [5.74, 6) is 2.72. The van der Waals surface area contributed by atoms with Gasteiger partial charge in [-0.05, 0) is 31.6 Å². The molecule has 0 aromatic heterocycles. The lowest BCUT2D eigenvalue weighted by Crippen LogP contribution is -2.34. The van der Waals surface area contributed by atoms with Gasteiger partial charge in [-0.15, -0.1) is 0 Å². The predicted octanol–water partition coefficient (Wildman–Crippen LogP) is 2.66. The van der Waals surface area contributed by atoms with Crippen molar-refractivity contribution in [3.05, 3.63) is 0 Å². The van der Waals surface area contributed by atoms with Crippen molar-refractivity contribution in [2.75, 3.05) is 18.1 Å². The Hall–Kier alpha value is 0.310. The van der Waals surface area contributed by atoms with Crippen molar-refractivity contribution in [2.24, 2.45) is 0 Å². The number of nitrogens with one attached hydrogen (secondary N) is 1. The summed E-state index contributed by atoms with van der Waals surface area (Å²) in [5, 5.41) is 3.64. The van der Waals surface area contributed by atoms with Crippen LogP contribution in [0.2, 0.25) is 0 Å². The Morgan fingerprint density at radius 2 is 2.33 bits per heavy atom. The van der Waals surface area contributed by atoms with Gasteiger partial charge in [0.1, 0.15) is 0 Å². The molecule has 1 rings (SSSR count). The molecule has 1 atom stereocenters. The molecule has 2 heteroatoms. The fourth-order valence-electron chi connectivity index (χ4n) is 1.58. The molecule has 1 heterocycles. The van der Waals surface area contributed by atoms with Gasteiger partial charge in [-0.2, -0.15) is 11.8 Å². The van der Waals surface area contributed by atoms with Crippen LogP contribution in [0.4, 0.5) is 0 Å². The van der Waals surface area contributed by atoms with Crippen LogP contribution in [0, 0.1) is 0 Å². The van der Waals surface area contributed by atoms with Crippen LogP contribution in [0.15, 0.2) is 0 Å². The maximum Gasteiger partial charge on any atom is 0.0158 e. The monoisotopic (exact) mass is 187 g/mol.